The molecule has 0 radical (unpaired) electrons. The number of carbonyl (C=O) groups excluding carboxylic acids is 3. The Morgan fingerprint density at radius 2 is 1.91 bits per heavy atom. The van der Waals surface area contributed by atoms with E-state index in [1.165, 1.54) is 30.7 Å². The predicted molar refractivity (Wildman–Crippen MR) is 123 cm³/mol. The summed E-state index contributed by atoms with van der Waals surface area (Å²) in [4.78, 5) is 41.0. The van der Waals surface area contributed by atoms with Crippen molar-refractivity contribution in [1.82, 2.24) is 20.0 Å². The predicted octanol–water partition coefficient (Wildman–Crippen LogP) is 3.23. The highest BCUT2D eigenvalue weighted by Crippen LogP contribution is 2.30. The van der Waals surface area contributed by atoms with Crippen LogP contribution in [0.15, 0.2) is 30.3 Å². The van der Waals surface area contributed by atoms with Crippen LogP contribution >= 0.6 is 0 Å². The number of nitrogens with one attached hydrogen (secondary N) is 1. The van der Waals surface area contributed by atoms with Crippen LogP contribution in [0.1, 0.15) is 77.6 Å². The minimum absolute atomic E-state index is 0.0600. The summed E-state index contributed by atoms with van der Waals surface area (Å²) in [7, 11) is 1.27. The number of aryl methyl sites for hydroxylation is 1. The molecule has 0 bridgehead atoms. The molecule has 176 valence electrons. The number of hydrogen-bond donors (Lipinski definition) is 1. The molecule has 1 aliphatic carbocycles. The van der Waals surface area contributed by atoms with Gasteiger partial charge in [-0.2, -0.15) is 5.10 Å². The maximum atomic E-state index is 13.7. The number of benzene rings is 1. The first-order valence-electron chi connectivity index (χ1n) is 11.7. The number of nitrogens with zero attached hydrogens (tertiary/aromatic N) is 3. The van der Waals surface area contributed by atoms with Crippen molar-refractivity contribution in [2.75, 3.05) is 7.11 Å². The molecular weight excluding hydrogens is 420 g/mol. The van der Waals surface area contributed by atoms with Crippen LogP contribution in [0, 0.1) is 6.92 Å². The Kier molecular flexibility index (Phi) is 6.54. The fraction of sp³-hybridized carbons (Fsp3) is 0.520. The maximum Gasteiger partial charge on any atom is 0.358 e. The third-order valence-electron chi connectivity index (χ3n) is 6.79. The molecule has 8 heteroatoms. The van der Waals surface area contributed by atoms with E-state index in [0.29, 0.717) is 0 Å². The number of carbonyl (C=O) groups is 3. The molecule has 1 aromatic carbocycles. The molecule has 4 rings (SSSR count). The lowest BCUT2D eigenvalue weighted by molar-refractivity contribution is -0.134. The normalized spacial score (nSPS) is 21.3. The van der Waals surface area contributed by atoms with Crippen molar-refractivity contribution in [1.29, 1.82) is 0 Å². The van der Waals surface area contributed by atoms with Gasteiger partial charge in [-0.15, -0.1) is 0 Å². The standard InChI is InChI=1S/C25H32N4O4/c1-17-9-8-10-18(13-17)15-28-22(30)21-14-20(23(31)33-3)27-29(21)16-25(28,2)24(32)26-19-11-6-4-5-7-12-19/h8-10,13-14,19H,4-7,11-12,15-16H2,1-3H3,(H,26,32)/t25-/m0/s1. The van der Waals surface area contributed by atoms with Crippen LogP contribution in [0.25, 0.3) is 0 Å². The SMILES string of the molecule is COC(=O)c1cc2n(n1)C[C@@](C)(C(=O)NC1CCCCCC1)N(Cc1cccc(C)c1)C2=O. The zero-order valence-corrected chi connectivity index (χ0v) is 19.6. The van der Waals surface area contributed by atoms with Gasteiger partial charge in [-0.1, -0.05) is 55.5 Å². The van der Waals surface area contributed by atoms with Crippen LogP contribution in [0.3, 0.4) is 0 Å². The quantitative estimate of drug-likeness (QED) is 0.555. The summed E-state index contributed by atoms with van der Waals surface area (Å²) in [5.41, 5.74) is 1.21. The van der Waals surface area contributed by atoms with Gasteiger partial charge in [0.2, 0.25) is 5.91 Å². The van der Waals surface area contributed by atoms with Crippen molar-refractivity contribution in [3.05, 3.63) is 52.8 Å². The minimum atomic E-state index is -1.15. The summed E-state index contributed by atoms with van der Waals surface area (Å²) in [5, 5.41) is 7.50. The monoisotopic (exact) mass is 452 g/mol. The highest BCUT2D eigenvalue weighted by atomic mass is 16.5. The second-order valence-electron chi connectivity index (χ2n) is 9.38. The Bertz CT molecular complexity index is 1050. The van der Waals surface area contributed by atoms with Gasteiger partial charge in [-0.05, 0) is 32.3 Å². The maximum absolute atomic E-state index is 13.7. The second-order valence-corrected chi connectivity index (χ2v) is 9.38. The summed E-state index contributed by atoms with van der Waals surface area (Å²) < 4.78 is 6.24. The van der Waals surface area contributed by atoms with Gasteiger partial charge in [-0.3, -0.25) is 14.3 Å². The molecule has 0 spiro atoms. The molecule has 1 fully saturated rings. The first kappa shape index (κ1) is 23.0. The largest absolute Gasteiger partial charge is 0.464 e. The number of aromatic nitrogens is 2. The molecule has 2 amide bonds. The Labute approximate surface area is 194 Å². The van der Waals surface area contributed by atoms with E-state index in [9.17, 15) is 14.4 Å². The summed E-state index contributed by atoms with van der Waals surface area (Å²) in [6, 6.07) is 9.47. The fourth-order valence-electron chi connectivity index (χ4n) is 4.85. The smallest absolute Gasteiger partial charge is 0.358 e. The van der Waals surface area contributed by atoms with E-state index in [2.05, 4.69) is 10.4 Å². The van der Waals surface area contributed by atoms with Gasteiger partial charge >= 0.3 is 5.97 Å². The topological polar surface area (TPSA) is 93.5 Å². The van der Waals surface area contributed by atoms with Gasteiger partial charge in [-0.25, -0.2) is 4.79 Å². The van der Waals surface area contributed by atoms with Crippen LogP contribution in [-0.4, -0.2) is 51.2 Å². The molecule has 2 aromatic rings. The van der Waals surface area contributed by atoms with E-state index in [-0.39, 0.29) is 42.3 Å². The fourth-order valence-corrected chi connectivity index (χ4v) is 4.85. The third-order valence-corrected chi connectivity index (χ3v) is 6.79. The lowest BCUT2D eigenvalue weighted by atomic mass is 9.93. The highest BCUT2D eigenvalue weighted by Gasteiger charge is 2.48. The van der Waals surface area contributed by atoms with Crippen LogP contribution < -0.4 is 5.32 Å². The van der Waals surface area contributed by atoms with Crippen LogP contribution in [0.5, 0.6) is 0 Å². The van der Waals surface area contributed by atoms with E-state index in [4.69, 9.17) is 4.74 Å². The molecule has 1 atom stereocenters. The Morgan fingerprint density at radius 3 is 2.58 bits per heavy atom. The second kappa shape index (κ2) is 9.37. The molecular formula is C25H32N4O4. The highest BCUT2D eigenvalue weighted by molar-refractivity contribution is 6.01. The molecule has 2 aliphatic rings. The average molecular weight is 453 g/mol. The molecule has 0 unspecified atom stereocenters. The average Bonchev–Trinajstić information content (AvgIpc) is 3.04. The Hall–Kier alpha value is -3.16. The molecule has 1 aromatic heterocycles. The van der Waals surface area contributed by atoms with E-state index in [0.717, 1.165) is 36.8 Å². The van der Waals surface area contributed by atoms with Gasteiger partial charge in [0, 0.05) is 18.7 Å². The van der Waals surface area contributed by atoms with Crippen molar-refractivity contribution in [2.45, 2.75) is 77.0 Å². The first-order valence-corrected chi connectivity index (χ1v) is 11.7. The van der Waals surface area contributed by atoms with Crippen molar-refractivity contribution in [3.8, 4) is 0 Å². The van der Waals surface area contributed by atoms with E-state index in [1.807, 2.05) is 31.2 Å². The summed E-state index contributed by atoms with van der Waals surface area (Å²) in [5.74, 6) is -1.13. The Balaban J connectivity index is 1.69. The van der Waals surface area contributed by atoms with E-state index < -0.39 is 11.5 Å². The van der Waals surface area contributed by atoms with Gasteiger partial charge in [0.1, 0.15) is 11.2 Å². The molecule has 0 saturated heterocycles. The third kappa shape index (κ3) is 4.65. The molecule has 2 heterocycles. The number of esters is 1. The number of fused-ring (bicyclic) bond motifs is 1. The molecule has 33 heavy (non-hydrogen) atoms. The molecule has 1 aliphatic heterocycles. The molecule has 1 N–H and O–H groups in total. The number of rotatable bonds is 5. The summed E-state index contributed by atoms with van der Waals surface area (Å²) in [6.07, 6.45) is 6.47. The lowest BCUT2D eigenvalue weighted by Crippen LogP contribution is -2.64. The summed E-state index contributed by atoms with van der Waals surface area (Å²) in [6.45, 7) is 4.23. The van der Waals surface area contributed by atoms with Crippen molar-refractivity contribution in [3.63, 3.8) is 0 Å². The Morgan fingerprint density at radius 1 is 1.18 bits per heavy atom. The van der Waals surface area contributed by atoms with Crippen molar-refractivity contribution in [2.24, 2.45) is 0 Å². The van der Waals surface area contributed by atoms with Crippen molar-refractivity contribution >= 4 is 17.8 Å². The number of amides is 2. The van der Waals surface area contributed by atoms with E-state index >= 15 is 0 Å². The van der Waals surface area contributed by atoms with Crippen molar-refractivity contribution < 1.29 is 19.1 Å². The lowest BCUT2D eigenvalue weighted by Gasteiger charge is -2.44. The number of hydrogen-bond acceptors (Lipinski definition) is 5. The summed E-state index contributed by atoms with van der Waals surface area (Å²) >= 11 is 0. The number of methoxy groups -OCH3 is 1. The van der Waals surface area contributed by atoms with Crippen LogP contribution in [0.4, 0.5) is 0 Å². The zero-order chi connectivity index (χ0) is 23.6. The van der Waals surface area contributed by atoms with Gasteiger partial charge in [0.15, 0.2) is 5.69 Å². The molecule has 1 saturated carbocycles. The first-order chi connectivity index (χ1) is 15.8. The van der Waals surface area contributed by atoms with Crippen LogP contribution in [0.2, 0.25) is 0 Å². The van der Waals surface area contributed by atoms with E-state index in [1.54, 1.807) is 11.8 Å². The minimum Gasteiger partial charge on any atom is -0.464 e. The zero-order valence-electron chi connectivity index (χ0n) is 19.6. The number of ether oxygens (including phenoxy) is 1. The van der Waals surface area contributed by atoms with Crippen LogP contribution in [-0.2, 0) is 22.6 Å². The molecule has 8 nitrogen and oxygen atoms in total. The van der Waals surface area contributed by atoms with Gasteiger partial charge in [0.05, 0.1) is 13.7 Å². The van der Waals surface area contributed by atoms with Gasteiger partial charge < -0.3 is 15.0 Å². The van der Waals surface area contributed by atoms with Gasteiger partial charge in [0.25, 0.3) is 5.91 Å².